The molecule has 150 valence electrons. The molecular formula is C21H27N3O3S. The molecule has 1 N–H and O–H groups in total. The number of benzene rings is 1. The van der Waals surface area contributed by atoms with Crippen LogP contribution in [0.2, 0.25) is 0 Å². The number of aliphatic imine (C=N–C) groups is 1. The molecule has 1 atom stereocenters. The first-order valence-corrected chi connectivity index (χ1v) is 10.4. The van der Waals surface area contributed by atoms with Crippen molar-refractivity contribution in [2.24, 2.45) is 10.4 Å². The minimum absolute atomic E-state index is 0.0519. The first kappa shape index (κ1) is 20.5. The van der Waals surface area contributed by atoms with Gasteiger partial charge in [0.1, 0.15) is 0 Å². The van der Waals surface area contributed by atoms with E-state index in [1.807, 2.05) is 52.0 Å². The monoisotopic (exact) mass is 401 g/mol. The third kappa shape index (κ3) is 4.09. The van der Waals surface area contributed by atoms with Crippen LogP contribution in [0.4, 0.5) is 5.69 Å². The lowest BCUT2D eigenvalue weighted by Gasteiger charge is -2.40. The second-order valence-corrected chi connectivity index (χ2v) is 9.07. The number of carbonyl (C=O) groups is 2. The number of anilines is 1. The van der Waals surface area contributed by atoms with Gasteiger partial charge in [0.2, 0.25) is 5.91 Å². The smallest absolute Gasteiger partial charge is 0.338 e. The van der Waals surface area contributed by atoms with Crippen molar-refractivity contribution in [2.45, 2.75) is 40.2 Å². The Morgan fingerprint density at radius 2 is 2.07 bits per heavy atom. The number of fused-ring (bicyclic) bond motifs is 1. The number of thioether (sulfide) groups is 1. The maximum Gasteiger partial charge on any atom is 0.338 e. The van der Waals surface area contributed by atoms with E-state index in [2.05, 4.69) is 15.2 Å². The summed E-state index contributed by atoms with van der Waals surface area (Å²) in [7, 11) is 1.39. The number of ether oxygens (including phenoxy) is 1. The minimum Gasteiger partial charge on any atom is -0.466 e. The minimum atomic E-state index is -0.488. The molecule has 0 radical (unpaired) electrons. The number of hydrogen-bond donors (Lipinski definition) is 1. The van der Waals surface area contributed by atoms with Crippen LogP contribution < -0.4 is 5.32 Å². The second kappa shape index (κ2) is 7.99. The van der Waals surface area contributed by atoms with Crippen molar-refractivity contribution in [1.82, 2.24) is 4.90 Å². The number of rotatable bonds is 3. The number of allylic oxidation sites excluding steroid dienone is 1. The summed E-state index contributed by atoms with van der Waals surface area (Å²) < 4.78 is 5.06. The van der Waals surface area contributed by atoms with Crippen LogP contribution in [-0.2, 0) is 14.3 Å². The number of hydrogen-bond acceptors (Lipinski definition) is 6. The van der Waals surface area contributed by atoms with Crippen molar-refractivity contribution in [3.05, 3.63) is 41.1 Å². The molecular weight excluding hydrogens is 374 g/mol. The zero-order valence-electron chi connectivity index (χ0n) is 17.0. The summed E-state index contributed by atoms with van der Waals surface area (Å²) in [6.45, 7) is 8.31. The highest BCUT2D eigenvalue weighted by atomic mass is 32.2. The highest BCUT2D eigenvalue weighted by molar-refractivity contribution is 8.13. The predicted octanol–water partition coefficient (Wildman–Crippen LogP) is 3.97. The lowest BCUT2D eigenvalue weighted by Crippen LogP contribution is -2.42. The number of esters is 1. The van der Waals surface area contributed by atoms with Gasteiger partial charge in [0.25, 0.3) is 0 Å². The molecule has 1 amide bonds. The fourth-order valence-electron chi connectivity index (χ4n) is 3.29. The van der Waals surface area contributed by atoms with Crippen LogP contribution in [0.15, 0.2) is 40.5 Å². The van der Waals surface area contributed by atoms with Crippen LogP contribution in [0.25, 0.3) is 0 Å². The number of methoxy groups -OCH3 is 1. The second-order valence-electron chi connectivity index (χ2n) is 8.01. The number of amidine groups is 1. The molecule has 2 heterocycles. The molecule has 0 saturated carbocycles. The Hall–Kier alpha value is -2.28. The molecule has 0 aliphatic carbocycles. The fourth-order valence-corrected chi connectivity index (χ4v) is 4.31. The van der Waals surface area contributed by atoms with Gasteiger partial charge in [-0.2, -0.15) is 0 Å². The number of nitrogens with zero attached hydrogens (tertiary/aromatic N) is 2. The molecule has 0 bridgehead atoms. The van der Waals surface area contributed by atoms with E-state index in [0.717, 1.165) is 29.4 Å². The van der Waals surface area contributed by atoms with E-state index in [0.29, 0.717) is 17.0 Å². The van der Waals surface area contributed by atoms with Gasteiger partial charge in [0.05, 0.1) is 24.4 Å². The van der Waals surface area contributed by atoms with Crippen molar-refractivity contribution in [1.29, 1.82) is 0 Å². The zero-order valence-corrected chi connectivity index (χ0v) is 17.9. The van der Waals surface area contributed by atoms with E-state index in [1.54, 1.807) is 11.8 Å². The maximum absolute atomic E-state index is 12.6. The average Bonchev–Trinajstić information content (AvgIpc) is 2.65. The van der Waals surface area contributed by atoms with E-state index >= 15 is 0 Å². The van der Waals surface area contributed by atoms with Crippen LogP contribution in [-0.4, -0.2) is 41.4 Å². The highest BCUT2D eigenvalue weighted by Crippen LogP contribution is 2.40. The summed E-state index contributed by atoms with van der Waals surface area (Å²) >= 11 is 1.71. The van der Waals surface area contributed by atoms with Gasteiger partial charge < -0.3 is 15.0 Å². The predicted molar refractivity (Wildman–Crippen MR) is 113 cm³/mol. The summed E-state index contributed by atoms with van der Waals surface area (Å²) in [5, 5.41) is 3.91. The van der Waals surface area contributed by atoms with E-state index in [1.165, 1.54) is 7.11 Å². The standard InChI is InChI=1S/C21H27N3O3S/c1-13-16(18(25)27-5)17(24-10-7-11-28-20(24)22-13)14-8-6-9-15(12-14)23-19(26)21(2,3)4/h6,8-9,12,17H,7,10-11H2,1-5H3,(H,23,26)/t17-/m1/s1. The number of carbonyl (C=O) groups excluding carboxylic acids is 2. The molecule has 2 aliphatic heterocycles. The van der Waals surface area contributed by atoms with E-state index < -0.39 is 5.41 Å². The SMILES string of the molecule is COC(=O)C1=C(C)N=C2SCCCN2[C@@H]1c1cccc(NC(=O)C(C)(C)C)c1. The third-order valence-electron chi connectivity index (χ3n) is 4.81. The van der Waals surface area contributed by atoms with Crippen molar-refractivity contribution in [3.8, 4) is 0 Å². The molecule has 7 heteroatoms. The van der Waals surface area contributed by atoms with Gasteiger partial charge in [-0.3, -0.25) is 4.79 Å². The van der Waals surface area contributed by atoms with E-state index in [9.17, 15) is 9.59 Å². The topological polar surface area (TPSA) is 71.0 Å². The molecule has 2 aliphatic rings. The number of nitrogens with one attached hydrogen (secondary N) is 1. The lowest BCUT2D eigenvalue weighted by molar-refractivity contribution is -0.137. The van der Waals surface area contributed by atoms with E-state index in [-0.39, 0.29) is 17.9 Å². The van der Waals surface area contributed by atoms with Crippen molar-refractivity contribution in [3.63, 3.8) is 0 Å². The molecule has 1 aromatic carbocycles. The molecule has 1 aromatic rings. The normalized spacial score (nSPS) is 19.7. The Morgan fingerprint density at radius 3 is 2.75 bits per heavy atom. The first-order chi connectivity index (χ1) is 13.2. The molecule has 28 heavy (non-hydrogen) atoms. The van der Waals surface area contributed by atoms with Crippen LogP contribution in [0, 0.1) is 5.41 Å². The van der Waals surface area contributed by atoms with Gasteiger partial charge in [-0.05, 0) is 31.0 Å². The summed E-state index contributed by atoms with van der Waals surface area (Å²) in [6.07, 6.45) is 1.02. The fraction of sp³-hybridized carbons (Fsp3) is 0.476. The quantitative estimate of drug-likeness (QED) is 0.776. The van der Waals surface area contributed by atoms with Crippen LogP contribution >= 0.6 is 11.8 Å². The van der Waals surface area contributed by atoms with Crippen molar-refractivity contribution in [2.75, 3.05) is 24.7 Å². The Morgan fingerprint density at radius 1 is 1.32 bits per heavy atom. The first-order valence-electron chi connectivity index (χ1n) is 9.41. The summed E-state index contributed by atoms with van der Waals surface area (Å²) in [5.41, 5.74) is 2.39. The van der Waals surface area contributed by atoms with Crippen molar-refractivity contribution >= 4 is 34.5 Å². The molecule has 1 saturated heterocycles. The maximum atomic E-state index is 12.6. The van der Waals surface area contributed by atoms with Gasteiger partial charge in [0, 0.05) is 23.4 Å². The van der Waals surface area contributed by atoms with Crippen LogP contribution in [0.5, 0.6) is 0 Å². The van der Waals surface area contributed by atoms with E-state index in [4.69, 9.17) is 4.74 Å². The van der Waals surface area contributed by atoms with Crippen molar-refractivity contribution < 1.29 is 14.3 Å². The lowest BCUT2D eigenvalue weighted by atomic mass is 9.93. The van der Waals surface area contributed by atoms with Gasteiger partial charge in [-0.25, -0.2) is 9.79 Å². The third-order valence-corrected chi connectivity index (χ3v) is 5.88. The van der Waals surface area contributed by atoms with Gasteiger partial charge in [-0.1, -0.05) is 44.7 Å². The molecule has 0 aromatic heterocycles. The molecule has 1 fully saturated rings. The van der Waals surface area contributed by atoms with Crippen LogP contribution in [0.1, 0.15) is 45.7 Å². The van der Waals surface area contributed by atoms with Gasteiger partial charge in [-0.15, -0.1) is 0 Å². The van der Waals surface area contributed by atoms with Gasteiger partial charge in [0.15, 0.2) is 5.17 Å². The summed E-state index contributed by atoms with van der Waals surface area (Å²) in [5.74, 6) is 0.596. The Bertz CT molecular complexity index is 855. The summed E-state index contributed by atoms with van der Waals surface area (Å²) in [4.78, 5) is 31.8. The molecule has 6 nitrogen and oxygen atoms in total. The molecule has 0 unspecified atom stereocenters. The van der Waals surface area contributed by atoms with Gasteiger partial charge >= 0.3 is 5.97 Å². The van der Waals surface area contributed by atoms with Crippen LogP contribution in [0.3, 0.4) is 0 Å². The molecule has 0 spiro atoms. The molecule has 3 rings (SSSR count). The Balaban J connectivity index is 2.02. The highest BCUT2D eigenvalue weighted by Gasteiger charge is 2.37. The largest absolute Gasteiger partial charge is 0.466 e. The summed E-state index contributed by atoms with van der Waals surface area (Å²) in [6, 6.07) is 7.41. The Labute approximate surface area is 170 Å². The zero-order chi connectivity index (χ0) is 20.5. The Kier molecular flexibility index (Phi) is 5.84. The average molecular weight is 402 g/mol. The number of amides is 1.